The van der Waals surface area contributed by atoms with Gasteiger partial charge in [0.25, 0.3) is 0 Å². The van der Waals surface area contributed by atoms with Gasteiger partial charge in [-0.15, -0.1) is 0 Å². The Bertz CT molecular complexity index is 310. The monoisotopic (exact) mass is 326 g/mol. The second-order valence-electron chi connectivity index (χ2n) is 5.61. The van der Waals surface area contributed by atoms with Crippen molar-refractivity contribution in [2.24, 2.45) is 0 Å². The molecule has 0 rings (SSSR count). The quantitative estimate of drug-likeness (QED) is 0.449. The Labute approximate surface area is 119 Å². The Morgan fingerprint density at radius 3 is 1.71 bits per heavy atom. The summed E-state index contributed by atoms with van der Waals surface area (Å²) in [5.41, 5.74) is -2.27. The van der Waals surface area contributed by atoms with E-state index in [1.165, 1.54) is 0 Å². The van der Waals surface area contributed by atoms with E-state index in [0.717, 1.165) is 26.2 Å². The molecule has 0 aliphatic rings. The maximum Gasteiger partial charge on any atom is 0.459 e. The first kappa shape index (κ1) is 20.5. The van der Waals surface area contributed by atoms with E-state index in [9.17, 15) is 35.8 Å². The number of unbranched alkanes of at least 4 members (excludes halogenated alkanes) is 4. The van der Waals surface area contributed by atoms with Crippen molar-refractivity contribution in [1.82, 2.24) is 0 Å². The Morgan fingerprint density at radius 1 is 0.810 bits per heavy atom. The van der Waals surface area contributed by atoms with Gasteiger partial charge in [0.05, 0.1) is 5.60 Å². The Kier molecular flexibility index (Phi) is 6.97. The van der Waals surface area contributed by atoms with Crippen LogP contribution in [0.25, 0.3) is 0 Å². The molecule has 0 bridgehead atoms. The average molecular weight is 326 g/mol. The largest absolute Gasteiger partial charge is 0.459 e. The molecule has 128 valence electrons. The summed E-state index contributed by atoms with van der Waals surface area (Å²) >= 11 is 0. The predicted octanol–water partition coefficient (Wildman–Crippen LogP) is 5.32. The minimum absolute atomic E-state index is 0.250. The summed E-state index contributed by atoms with van der Waals surface area (Å²) < 4.78 is 87.8. The molecule has 0 heterocycles. The van der Waals surface area contributed by atoms with Crippen LogP contribution in [0.15, 0.2) is 0 Å². The fourth-order valence-electron chi connectivity index (χ4n) is 1.99. The first-order valence-electron chi connectivity index (χ1n) is 6.81. The topological polar surface area (TPSA) is 20.2 Å². The summed E-state index contributed by atoms with van der Waals surface area (Å²) in [5.74, 6) is -11.5. The Balaban J connectivity index is 4.61. The van der Waals surface area contributed by atoms with E-state index in [2.05, 4.69) is 0 Å². The van der Waals surface area contributed by atoms with E-state index in [4.69, 9.17) is 0 Å². The van der Waals surface area contributed by atoms with Gasteiger partial charge in [-0.05, 0) is 13.3 Å². The average Bonchev–Trinajstić information content (AvgIpc) is 2.25. The van der Waals surface area contributed by atoms with Gasteiger partial charge in [-0.3, -0.25) is 0 Å². The zero-order valence-corrected chi connectivity index (χ0v) is 12.0. The molecule has 21 heavy (non-hydrogen) atoms. The summed E-state index contributed by atoms with van der Waals surface area (Å²) in [6, 6.07) is 0. The first-order valence-corrected chi connectivity index (χ1v) is 6.81. The second kappa shape index (κ2) is 7.15. The van der Waals surface area contributed by atoms with Crippen LogP contribution < -0.4 is 0 Å². The molecular formula is C13H21F7O. The molecule has 0 radical (unpaired) electrons. The van der Waals surface area contributed by atoms with Gasteiger partial charge in [0.2, 0.25) is 0 Å². The van der Waals surface area contributed by atoms with Crippen LogP contribution in [0.1, 0.15) is 58.8 Å². The lowest BCUT2D eigenvalue weighted by Crippen LogP contribution is -2.54. The lowest BCUT2D eigenvalue weighted by Gasteiger charge is -2.33. The lowest BCUT2D eigenvalue weighted by atomic mass is 9.89. The van der Waals surface area contributed by atoms with Crippen molar-refractivity contribution in [2.45, 2.75) is 82.4 Å². The molecule has 0 fully saturated rings. The minimum Gasteiger partial charge on any atom is -0.390 e. The van der Waals surface area contributed by atoms with Gasteiger partial charge < -0.3 is 5.11 Å². The molecule has 0 aromatic carbocycles. The van der Waals surface area contributed by atoms with Gasteiger partial charge >= 0.3 is 18.0 Å². The van der Waals surface area contributed by atoms with Crippen LogP contribution in [0, 0.1) is 0 Å². The van der Waals surface area contributed by atoms with Gasteiger partial charge in [0.15, 0.2) is 0 Å². The molecule has 0 saturated heterocycles. The second-order valence-corrected chi connectivity index (χ2v) is 5.61. The molecule has 1 nitrogen and oxygen atoms in total. The fraction of sp³-hybridized carbons (Fsp3) is 1.00. The lowest BCUT2D eigenvalue weighted by molar-refractivity contribution is -0.361. The van der Waals surface area contributed by atoms with Crippen LogP contribution in [0.4, 0.5) is 30.7 Å². The normalized spacial score (nSPS) is 16.9. The zero-order chi connectivity index (χ0) is 16.9. The third-order valence-corrected chi connectivity index (χ3v) is 3.24. The molecule has 8 heteroatoms. The highest BCUT2D eigenvalue weighted by Crippen LogP contribution is 2.49. The summed E-state index contributed by atoms with van der Waals surface area (Å²) in [4.78, 5) is 0. The number of rotatable bonds is 9. The minimum atomic E-state index is -6.35. The molecule has 1 atom stereocenters. The molecule has 0 aromatic rings. The summed E-state index contributed by atoms with van der Waals surface area (Å²) in [6.07, 6.45) is -5.00. The highest BCUT2D eigenvalue weighted by Gasteiger charge is 2.73. The molecule has 0 aromatic heterocycles. The van der Waals surface area contributed by atoms with Crippen LogP contribution in [0.5, 0.6) is 0 Å². The van der Waals surface area contributed by atoms with Crippen molar-refractivity contribution in [3.05, 3.63) is 0 Å². The highest BCUT2D eigenvalue weighted by atomic mass is 19.4. The predicted molar refractivity (Wildman–Crippen MR) is 64.6 cm³/mol. The number of alkyl halides is 7. The van der Waals surface area contributed by atoms with Crippen molar-refractivity contribution in [3.63, 3.8) is 0 Å². The third-order valence-electron chi connectivity index (χ3n) is 3.24. The van der Waals surface area contributed by atoms with Gasteiger partial charge in [-0.1, -0.05) is 39.0 Å². The number of hydrogen-bond donors (Lipinski definition) is 1. The number of halogens is 7. The van der Waals surface area contributed by atoms with Gasteiger partial charge in [0, 0.05) is 6.42 Å². The van der Waals surface area contributed by atoms with E-state index in [1.54, 1.807) is 0 Å². The molecule has 0 aliphatic heterocycles. The maximum atomic E-state index is 13.2. The molecule has 0 spiro atoms. The smallest absolute Gasteiger partial charge is 0.390 e. The van der Waals surface area contributed by atoms with Crippen molar-refractivity contribution in [2.75, 3.05) is 0 Å². The standard InChI is InChI=1S/C13H21F7O/c1-3-4-5-6-7-8-10(2,21)9-11(14,15)12(16,17)13(18,19)20/h21H,3-9H2,1-2H3. The van der Waals surface area contributed by atoms with E-state index >= 15 is 0 Å². The van der Waals surface area contributed by atoms with Crippen LogP contribution in [0.3, 0.4) is 0 Å². The van der Waals surface area contributed by atoms with E-state index < -0.39 is 30.0 Å². The van der Waals surface area contributed by atoms with Gasteiger partial charge in [-0.2, -0.15) is 30.7 Å². The summed E-state index contributed by atoms with van der Waals surface area (Å²) in [6.45, 7) is 2.81. The van der Waals surface area contributed by atoms with E-state index in [1.807, 2.05) is 6.92 Å². The molecule has 1 N–H and O–H groups in total. The summed E-state index contributed by atoms with van der Waals surface area (Å²) in [5, 5.41) is 9.65. The third kappa shape index (κ3) is 6.00. The SMILES string of the molecule is CCCCCCCC(C)(O)CC(F)(F)C(F)(F)C(F)(F)F. The first-order chi connectivity index (χ1) is 9.27. The molecule has 1 unspecified atom stereocenters. The van der Waals surface area contributed by atoms with Gasteiger partial charge in [0.1, 0.15) is 0 Å². The fourth-order valence-corrected chi connectivity index (χ4v) is 1.99. The number of hydrogen-bond acceptors (Lipinski definition) is 1. The Hall–Kier alpha value is -0.530. The van der Waals surface area contributed by atoms with Crippen molar-refractivity contribution < 1.29 is 35.8 Å². The molecule has 0 amide bonds. The molecule has 0 aliphatic carbocycles. The maximum absolute atomic E-state index is 13.2. The Morgan fingerprint density at radius 2 is 1.29 bits per heavy atom. The highest BCUT2D eigenvalue weighted by molar-refractivity contribution is 4.95. The van der Waals surface area contributed by atoms with Crippen LogP contribution in [-0.4, -0.2) is 28.7 Å². The molecule has 0 saturated carbocycles. The van der Waals surface area contributed by atoms with Crippen molar-refractivity contribution in [1.29, 1.82) is 0 Å². The van der Waals surface area contributed by atoms with Crippen molar-refractivity contribution >= 4 is 0 Å². The van der Waals surface area contributed by atoms with Crippen LogP contribution in [-0.2, 0) is 0 Å². The van der Waals surface area contributed by atoms with Gasteiger partial charge in [-0.25, -0.2) is 0 Å². The van der Waals surface area contributed by atoms with E-state index in [-0.39, 0.29) is 6.42 Å². The van der Waals surface area contributed by atoms with Crippen LogP contribution >= 0.6 is 0 Å². The van der Waals surface area contributed by atoms with Crippen molar-refractivity contribution in [3.8, 4) is 0 Å². The van der Waals surface area contributed by atoms with Crippen LogP contribution in [0.2, 0.25) is 0 Å². The molecular weight excluding hydrogens is 305 g/mol. The van der Waals surface area contributed by atoms with E-state index in [0.29, 0.717) is 12.8 Å². The number of aliphatic hydroxyl groups is 1. The zero-order valence-electron chi connectivity index (χ0n) is 12.0. The summed E-state index contributed by atoms with van der Waals surface area (Å²) in [7, 11) is 0.